The van der Waals surface area contributed by atoms with E-state index in [4.69, 9.17) is 4.74 Å². The number of hydrogen-bond donors (Lipinski definition) is 2. The molecular weight excluding hydrogens is 390 g/mol. The van der Waals surface area contributed by atoms with Gasteiger partial charge in [0.1, 0.15) is 11.6 Å². The van der Waals surface area contributed by atoms with E-state index in [2.05, 4.69) is 44.6 Å². The number of nitrogens with zero attached hydrogens (tertiary/aromatic N) is 3. The molecule has 0 aliphatic carbocycles. The first kappa shape index (κ1) is 20.7. The van der Waals surface area contributed by atoms with Crippen molar-refractivity contribution >= 4 is 28.8 Å². The number of anilines is 4. The smallest absolute Gasteiger partial charge is 0.259 e. The number of benzene rings is 2. The van der Waals surface area contributed by atoms with Crippen LogP contribution < -0.4 is 20.3 Å². The summed E-state index contributed by atoms with van der Waals surface area (Å²) in [5, 5.41) is 6.18. The molecule has 1 aromatic heterocycles. The third-order valence-electron chi connectivity index (χ3n) is 5.41. The van der Waals surface area contributed by atoms with Gasteiger partial charge in [-0.2, -0.15) is 0 Å². The summed E-state index contributed by atoms with van der Waals surface area (Å²) in [4.78, 5) is 22.0. The number of nitrogens with one attached hydrogen (secondary N) is 2. The number of piperazine rings is 1. The van der Waals surface area contributed by atoms with Crippen molar-refractivity contribution in [3.05, 3.63) is 72.4 Å². The minimum Gasteiger partial charge on any atom is -0.495 e. The van der Waals surface area contributed by atoms with E-state index < -0.39 is 0 Å². The number of methoxy groups -OCH3 is 1. The number of amides is 1. The quantitative estimate of drug-likeness (QED) is 0.635. The summed E-state index contributed by atoms with van der Waals surface area (Å²) in [6.45, 7) is 4.13. The Morgan fingerprint density at radius 2 is 1.71 bits per heavy atom. The molecule has 1 saturated heterocycles. The normalized spacial score (nSPS) is 14.2. The Balaban J connectivity index is 1.47. The molecule has 4 rings (SSSR count). The van der Waals surface area contributed by atoms with Crippen molar-refractivity contribution in [2.75, 3.05) is 55.9 Å². The lowest BCUT2D eigenvalue weighted by atomic mass is 10.2. The van der Waals surface area contributed by atoms with Gasteiger partial charge in [0.2, 0.25) is 0 Å². The Kier molecular flexibility index (Phi) is 6.33. The lowest BCUT2D eigenvalue weighted by molar-refractivity contribution is 0.102. The highest BCUT2D eigenvalue weighted by Crippen LogP contribution is 2.28. The maximum Gasteiger partial charge on any atom is 0.259 e. The summed E-state index contributed by atoms with van der Waals surface area (Å²) in [5.41, 5.74) is 3.12. The standard InChI is InChI=1S/C24H27N5O2/c1-28-14-16-29(17-15-28)19-11-9-18(10-12-19)26-24(30)20-6-5-13-25-23(20)27-21-7-3-4-8-22(21)31-2/h3-13H,14-17H2,1-2H3,(H,25,27)(H,26,30). The second kappa shape index (κ2) is 9.49. The molecule has 0 atom stereocenters. The molecule has 7 nitrogen and oxygen atoms in total. The van der Waals surface area contributed by atoms with Gasteiger partial charge in [-0.1, -0.05) is 12.1 Å². The van der Waals surface area contributed by atoms with Crippen LogP contribution >= 0.6 is 0 Å². The van der Waals surface area contributed by atoms with Gasteiger partial charge in [-0.3, -0.25) is 4.79 Å². The molecule has 1 aliphatic heterocycles. The van der Waals surface area contributed by atoms with Crippen LogP contribution in [0.4, 0.5) is 22.9 Å². The zero-order chi connectivity index (χ0) is 21.6. The molecule has 1 aliphatic rings. The van der Waals surface area contributed by atoms with Crippen molar-refractivity contribution in [3.8, 4) is 5.75 Å². The van der Waals surface area contributed by atoms with Crippen LogP contribution in [-0.2, 0) is 0 Å². The number of pyridine rings is 1. The maximum absolute atomic E-state index is 13.0. The van der Waals surface area contributed by atoms with Gasteiger partial charge in [0.05, 0.1) is 18.4 Å². The predicted molar refractivity (Wildman–Crippen MR) is 125 cm³/mol. The molecule has 0 radical (unpaired) electrons. The Morgan fingerprint density at radius 3 is 2.45 bits per heavy atom. The Hall–Kier alpha value is -3.58. The number of aromatic nitrogens is 1. The molecule has 1 fully saturated rings. The zero-order valence-electron chi connectivity index (χ0n) is 17.8. The molecular formula is C24H27N5O2. The summed E-state index contributed by atoms with van der Waals surface area (Å²) in [7, 11) is 3.75. The van der Waals surface area contributed by atoms with Crippen molar-refractivity contribution in [2.45, 2.75) is 0 Å². The van der Waals surface area contributed by atoms with Crippen LogP contribution in [0.3, 0.4) is 0 Å². The number of carbonyl (C=O) groups is 1. The fourth-order valence-corrected chi connectivity index (χ4v) is 3.58. The van der Waals surface area contributed by atoms with Crippen molar-refractivity contribution in [1.82, 2.24) is 9.88 Å². The van der Waals surface area contributed by atoms with E-state index in [-0.39, 0.29) is 5.91 Å². The highest BCUT2D eigenvalue weighted by Gasteiger charge is 2.16. The van der Waals surface area contributed by atoms with Crippen LogP contribution in [0.1, 0.15) is 10.4 Å². The highest BCUT2D eigenvalue weighted by atomic mass is 16.5. The minimum absolute atomic E-state index is 0.224. The lowest BCUT2D eigenvalue weighted by Gasteiger charge is -2.34. The van der Waals surface area contributed by atoms with E-state index in [1.165, 1.54) is 5.69 Å². The second-order valence-electron chi connectivity index (χ2n) is 7.52. The Bertz CT molecular complexity index is 1030. The summed E-state index contributed by atoms with van der Waals surface area (Å²) < 4.78 is 5.38. The van der Waals surface area contributed by atoms with Crippen LogP contribution in [0.2, 0.25) is 0 Å². The van der Waals surface area contributed by atoms with E-state index in [1.54, 1.807) is 25.4 Å². The zero-order valence-corrected chi connectivity index (χ0v) is 17.8. The number of para-hydroxylation sites is 2. The van der Waals surface area contributed by atoms with E-state index in [0.29, 0.717) is 17.1 Å². The SMILES string of the molecule is COc1ccccc1Nc1ncccc1C(=O)Nc1ccc(N2CCN(C)CC2)cc1. The molecule has 1 amide bonds. The fraction of sp³-hybridized carbons (Fsp3) is 0.250. The number of carbonyl (C=O) groups excluding carboxylic acids is 1. The Labute approximate surface area is 182 Å². The first-order valence-corrected chi connectivity index (χ1v) is 10.3. The van der Waals surface area contributed by atoms with Gasteiger partial charge in [0.25, 0.3) is 5.91 Å². The van der Waals surface area contributed by atoms with Crippen molar-refractivity contribution < 1.29 is 9.53 Å². The number of hydrogen-bond acceptors (Lipinski definition) is 6. The van der Waals surface area contributed by atoms with Crippen molar-refractivity contribution in [2.24, 2.45) is 0 Å². The molecule has 160 valence electrons. The number of ether oxygens (including phenoxy) is 1. The number of rotatable bonds is 6. The molecule has 7 heteroatoms. The number of likely N-dealkylation sites (N-methyl/N-ethyl adjacent to an activating group) is 1. The van der Waals surface area contributed by atoms with Crippen molar-refractivity contribution in [3.63, 3.8) is 0 Å². The minimum atomic E-state index is -0.224. The van der Waals surface area contributed by atoms with Gasteiger partial charge in [0, 0.05) is 43.8 Å². The molecule has 0 saturated carbocycles. The third-order valence-corrected chi connectivity index (χ3v) is 5.41. The summed E-state index contributed by atoms with van der Waals surface area (Å²) in [5.74, 6) is 0.926. The molecule has 2 aromatic carbocycles. The third kappa shape index (κ3) is 4.95. The highest BCUT2D eigenvalue weighted by molar-refractivity contribution is 6.07. The van der Waals surface area contributed by atoms with E-state index in [9.17, 15) is 4.79 Å². The van der Waals surface area contributed by atoms with Gasteiger partial charge in [-0.05, 0) is 55.6 Å². The molecule has 0 spiro atoms. The predicted octanol–water partition coefficient (Wildman–Crippen LogP) is 3.84. The van der Waals surface area contributed by atoms with Crippen LogP contribution in [-0.4, -0.2) is 56.1 Å². The summed E-state index contributed by atoms with van der Waals surface area (Å²) in [6, 6.07) is 19.0. The van der Waals surface area contributed by atoms with Crippen LogP contribution in [0.25, 0.3) is 0 Å². The first-order chi connectivity index (χ1) is 15.1. The topological polar surface area (TPSA) is 69.7 Å². The largest absolute Gasteiger partial charge is 0.495 e. The average Bonchev–Trinajstić information content (AvgIpc) is 2.81. The Morgan fingerprint density at radius 1 is 0.968 bits per heavy atom. The van der Waals surface area contributed by atoms with Crippen molar-refractivity contribution in [1.29, 1.82) is 0 Å². The lowest BCUT2D eigenvalue weighted by Crippen LogP contribution is -2.44. The first-order valence-electron chi connectivity index (χ1n) is 10.3. The van der Waals surface area contributed by atoms with Crippen LogP contribution in [0.15, 0.2) is 66.9 Å². The van der Waals surface area contributed by atoms with E-state index in [1.807, 2.05) is 36.4 Å². The average molecular weight is 418 g/mol. The van der Waals surface area contributed by atoms with Gasteiger partial charge in [0.15, 0.2) is 0 Å². The molecule has 3 aromatic rings. The molecule has 2 heterocycles. The fourth-order valence-electron chi connectivity index (χ4n) is 3.58. The second-order valence-corrected chi connectivity index (χ2v) is 7.52. The maximum atomic E-state index is 13.0. The van der Waals surface area contributed by atoms with E-state index in [0.717, 1.165) is 37.6 Å². The summed E-state index contributed by atoms with van der Waals surface area (Å²) >= 11 is 0. The molecule has 31 heavy (non-hydrogen) atoms. The van der Waals surface area contributed by atoms with E-state index >= 15 is 0 Å². The van der Waals surface area contributed by atoms with Gasteiger partial charge < -0.3 is 25.2 Å². The molecule has 0 unspecified atom stereocenters. The van der Waals surface area contributed by atoms with Gasteiger partial charge in [-0.25, -0.2) is 4.98 Å². The summed E-state index contributed by atoms with van der Waals surface area (Å²) in [6.07, 6.45) is 1.65. The van der Waals surface area contributed by atoms with Crippen LogP contribution in [0, 0.1) is 0 Å². The van der Waals surface area contributed by atoms with Crippen LogP contribution in [0.5, 0.6) is 5.75 Å². The monoisotopic (exact) mass is 417 g/mol. The van der Waals surface area contributed by atoms with Gasteiger partial charge in [-0.15, -0.1) is 0 Å². The molecule has 0 bridgehead atoms. The molecule has 2 N–H and O–H groups in total. The van der Waals surface area contributed by atoms with Gasteiger partial charge >= 0.3 is 0 Å².